The summed E-state index contributed by atoms with van der Waals surface area (Å²) in [5.74, 6) is 0.489. The average Bonchev–Trinajstić information content (AvgIpc) is 2.74. The maximum atomic E-state index is 12.8. The lowest BCUT2D eigenvalue weighted by atomic mass is 9.68. The topological polar surface area (TPSA) is 49.4 Å². The van der Waals surface area contributed by atoms with Gasteiger partial charge >= 0.3 is 0 Å². The second kappa shape index (κ2) is 10.4. The Kier molecular flexibility index (Phi) is 8.06. The van der Waals surface area contributed by atoms with Crippen LogP contribution in [-0.4, -0.2) is 33.0 Å². The summed E-state index contributed by atoms with van der Waals surface area (Å²) in [7, 11) is -3.74. The van der Waals surface area contributed by atoms with Crippen molar-refractivity contribution in [3.8, 4) is 0 Å². The predicted octanol–water partition coefficient (Wildman–Crippen LogP) is 6.32. The number of nitrogens with zero attached hydrogens (tertiary/aromatic N) is 1. The van der Waals surface area contributed by atoms with Gasteiger partial charge in [-0.3, -0.25) is 4.72 Å². The van der Waals surface area contributed by atoms with Gasteiger partial charge in [0.15, 0.2) is 0 Å². The molecule has 6 heteroatoms. The fourth-order valence-corrected chi connectivity index (χ4v) is 6.09. The Balaban J connectivity index is 1.72. The van der Waals surface area contributed by atoms with Crippen LogP contribution in [0.4, 0.5) is 5.69 Å². The van der Waals surface area contributed by atoms with Crippen LogP contribution in [0.5, 0.6) is 0 Å². The van der Waals surface area contributed by atoms with E-state index in [-0.39, 0.29) is 15.3 Å². The molecule has 2 aromatic carbocycles. The van der Waals surface area contributed by atoms with E-state index in [2.05, 4.69) is 36.5 Å². The Bertz CT molecular complexity index is 979. The van der Waals surface area contributed by atoms with Crippen LogP contribution >= 0.6 is 11.6 Å². The van der Waals surface area contributed by atoms with Gasteiger partial charge in [-0.25, -0.2) is 8.42 Å². The standard InChI is InChI=1S/C25H35ClN2O2S/c1-4-5-6-9-16-28-17-15-25(3,20(2)19-28)21-11-10-12-22(18-21)27-31(29,30)24-14-8-7-13-23(24)26/h7-8,10-14,18,20,27H,4-6,9,15-17,19H2,1-3H3. The second-order valence-corrected chi connectivity index (χ2v) is 11.1. The molecule has 0 aromatic heterocycles. The van der Waals surface area contributed by atoms with Crippen LogP contribution < -0.4 is 4.72 Å². The Morgan fingerprint density at radius 3 is 2.61 bits per heavy atom. The van der Waals surface area contributed by atoms with E-state index in [1.165, 1.54) is 43.9 Å². The van der Waals surface area contributed by atoms with Crippen molar-refractivity contribution in [3.05, 3.63) is 59.1 Å². The number of rotatable bonds is 9. The van der Waals surface area contributed by atoms with Crippen LogP contribution in [0.25, 0.3) is 0 Å². The van der Waals surface area contributed by atoms with Crippen molar-refractivity contribution < 1.29 is 8.42 Å². The van der Waals surface area contributed by atoms with Gasteiger partial charge in [-0.15, -0.1) is 0 Å². The maximum absolute atomic E-state index is 12.8. The summed E-state index contributed by atoms with van der Waals surface area (Å²) in [6, 6.07) is 14.4. The van der Waals surface area contributed by atoms with Gasteiger partial charge in [0.1, 0.15) is 4.90 Å². The minimum Gasteiger partial charge on any atom is -0.303 e. The Labute approximate surface area is 193 Å². The number of hydrogen-bond acceptors (Lipinski definition) is 3. The highest BCUT2D eigenvalue weighted by atomic mass is 35.5. The third-order valence-corrected chi connectivity index (χ3v) is 8.68. The number of hydrogen-bond donors (Lipinski definition) is 1. The SMILES string of the molecule is CCCCCCN1CCC(C)(c2cccc(NS(=O)(=O)c3ccccc3Cl)c2)C(C)C1. The van der Waals surface area contributed by atoms with Gasteiger partial charge in [0.2, 0.25) is 0 Å². The largest absolute Gasteiger partial charge is 0.303 e. The Morgan fingerprint density at radius 1 is 1.13 bits per heavy atom. The summed E-state index contributed by atoms with van der Waals surface area (Å²) in [6.07, 6.45) is 6.24. The minimum absolute atomic E-state index is 0.0196. The molecule has 3 rings (SSSR count). The van der Waals surface area contributed by atoms with Crippen molar-refractivity contribution in [3.63, 3.8) is 0 Å². The van der Waals surface area contributed by atoms with Crippen LogP contribution in [0.15, 0.2) is 53.4 Å². The van der Waals surface area contributed by atoms with E-state index in [1.54, 1.807) is 24.3 Å². The number of anilines is 1. The van der Waals surface area contributed by atoms with E-state index >= 15 is 0 Å². The molecule has 1 saturated heterocycles. The number of nitrogens with one attached hydrogen (secondary N) is 1. The molecule has 0 amide bonds. The lowest BCUT2D eigenvalue weighted by Gasteiger charge is -2.45. The van der Waals surface area contributed by atoms with Crippen molar-refractivity contribution >= 4 is 27.3 Å². The molecule has 2 atom stereocenters. The molecule has 1 aliphatic rings. The number of benzene rings is 2. The molecule has 4 nitrogen and oxygen atoms in total. The molecule has 1 N–H and O–H groups in total. The van der Waals surface area contributed by atoms with Gasteiger partial charge in [-0.05, 0) is 67.1 Å². The molecule has 0 radical (unpaired) electrons. The molecular weight excluding hydrogens is 428 g/mol. The smallest absolute Gasteiger partial charge is 0.263 e. The molecule has 0 spiro atoms. The van der Waals surface area contributed by atoms with E-state index in [0.717, 1.165) is 19.5 Å². The maximum Gasteiger partial charge on any atom is 0.263 e. The first-order chi connectivity index (χ1) is 14.8. The van der Waals surface area contributed by atoms with Crippen LogP contribution in [0.3, 0.4) is 0 Å². The number of sulfonamides is 1. The van der Waals surface area contributed by atoms with Gasteiger partial charge in [0.25, 0.3) is 10.0 Å². The van der Waals surface area contributed by atoms with E-state index in [0.29, 0.717) is 11.6 Å². The quantitative estimate of drug-likeness (QED) is 0.443. The first kappa shape index (κ1) is 24.1. The van der Waals surface area contributed by atoms with Crippen molar-refractivity contribution in [1.82, 2.24) is 4.90 Å². The van der Waals surface area contributed by atoms with Crippen molar-refractivity contribution in [1.29, 1.82) is 0 Å². The fraction of sp³-hybridized carbons (Fsp3) is 0.520. The van der Waals surface area contributed by atoms with Gasteiger partial charge < -0.3 is 4.90 Å². The summed E-state index contributed by atoms with van der Waals surface area (Å²) in [4.78, 5) is 2.68. The molecule has 1 aliphatic heterocycles. The highest BCUT2D eigenvalue weighted by molar-refractivity contribution is 7.92. The van der Waals surface area contributed by atoms with Crippen LogP contribution in [0.1, 0.15) is 58.4 Å². The van der Waals surface area contributed by atoms with Gasteiger partial charge in [0.05, 0.1) is 5.02 Å². The zero-order valence-electron chi connectivity index (χ0n) is 18.9. The zero-order valence-corrected chi connectivity index (χ0v) is 20.5. The second-order valence-electron chi connectivity index (χ2n) is 9.05. The van der Waals surface area contributed by atoms with E-state index < -0.39 is 10.0 Å². The average molecular weight is 463 g/mol. The Morgan fingerprint density at radius 2 is 1.90 bits per heavy atom. The first-order valence-electron chi connectivity index (χ1n) is 11.4. The third kappa shape index (κ3) is 5.82. The third-order valence-electron chi connectivity index (χ3n) is 6.80. The van der Waals surface area contributed by atoms with E-state index in [1.807, 2.05) is 12.1 Å². The van der Waals surface area contributed by atoms with Crippen LogP contribution in [0, 0.1) is 5.92 Å². The lowest BCUT2D eigenvalue weighted by Crippen LogP contribution is -2.47. The molecule has 1 fully saturated rings. The summed E-state index contributed by atoms with van der Waals surface area (Å²) in [6.45, 7) is 10.2. The van der Waals surface area contributed by atoms with Gasteiger partial charge in [-0.2, -0.15) is 0 Å². The van der Waals surface area contributed by atoms with Crippen LogP contribution in [-0.2, 0) is 15.4 Å². The van der Waals surface area contributed by atoms with E-state index in [4.69, 9.17) is 11.6 Å². The Hall–Kier alpha value is -1.56. The molecule has 0 aliphatic carbocycles. The number of likely N-dealkylation sites (tertiary alicyclic amines) is 1. The molecule has 170 valence electrons. The number of halogens is 1. The highest BCUT2D eigenvalue weighted by Crippen LogP contribution is 2.40. The van der Waals surface area contributed by atoms with Gasteiger partial charge in [-0.1, -0.05) is 75.9 Å². The minimum atomic E-state index is -3.74. The summed E-state index contributed by atoms with van der Waals surface area (Å²) in [5.41, 5.74) is 1.78. The summed E-state index contributed by atoms with van der Waals surface area (Å²) in [5, 5.41) is 0.220. The van der Waals surface area contributed by atoms with Crippen molar-refractivity contribution in [2.45, 2.75) is 63.2 Å². The molecule has 2 unspecified atom stereocenters. The molecule has 0 saturated carbocycles. The number of piperidine rings is 1. The highest BCUT2D eigenvalue weighted by Gasteiger charge is 2.38. The molecule has 31 heavy (non-hydrogen) atoms. The van der Waals surface area contributed by atoms with E-state index in [9.17, 15) is 8.42 Å². The predicted molar refractivity (Wildman–Crippen MR) is 130 cm³/mol. The molecule has 2 aromatic rings. The van der Waals surface area contributed by atoms with Crippen molar-refractivity contribution in [2.24, 2.45) is 5.92 Å². The molecule has 0 bridgehead atoms. The zero-order chi connectivity index (χ0) is 22.5. The summed E-state index contributed by atoms with van der Waals surface area (Å²) >= 11 is 6.11. The summed E-state index contributed by atoms with van der Waals surface area (Å²) < 4.78 is 28.4. The monoisotopic (exact) mass is 462 g/mol. The molecule has 1 heterocycles. The fourth-order valence-electron chi connectivity index (χ4n) is 4.52. The first-order valence-corrected chi connectivity index (χ1v) is 13.2. The van der Waals surface area contributed by atoms with Crippen LogP contribution in [0.2, 0.25) is 5.02 Å². The molecular formula is C25H35ClN2O2S. The van der Waals surface area contributed by atoms with Crippen molar-refractivity contribution in [2.75, 3.05) is 24.4 Å². The number of unbranched alkanes of at least 4 members (excludes halogenated alkanes) is 3. The van der Waals surface area contributed by atoms with Gasteiger partial charge in [0, 0.05) is 12.2 Å². The normalized spacial score (nSPS) is 22.4. The lowest BCUT2D eigenvalue weighted by molar-refractivity contribution is 0.109.